The van der Waals surface area contributed by atoms with E-state index in [1.54, 1.807) is 0 Å². The third-order valence-corrected chi connectivity index (χ3v) is 3.90. The van der Waals surface area contributed by atoms with Crippen LogP contribution < -0.4 is 5.32 Å². The van der Waals surface area contributed by atoms with Gasteiger partial charge < -0.3 is 10.2 Å². The smallest absolute Gasteiger partial charge is 0.223 e. The van der Waals surface area contributed by atoms with Crippen LogP contribution in [0.25, 0.3) is 0 Å². The van der Waals surface area contributed by atoms with E-state index in [0.717, 1.165) is 25.9 Å². The highest BCUT2D eigenvalue weighted by atomic mass is 16.2. The molecule has 1 aromatic heterocycles. The molecule has 22 heavy (non-hydrogen) atoms. The predicted molar refractivity (Wildman–Crippen MR) is 82.0 cm³/mol. The van der Waals surface area contributed by atoms with Crippen LogP contribution in [0.4, 0.5) is 0 Å². The Balaban J connectivity index is 1.73. The van der Waals surface area contributed by atoms with Crippen molar-refractivity contribution in [2.75, 3.05) is 13.1 Å². The van der Waals surface area contributed by atoms with E-state index in [1.165, 1.54) is 12.8 Å². The van der Waals surface area contributed by atoms with Crippen LogP contribution in [0.3, 0.4) is 0 Å². The molecule has 2 rings (SSSR count). The van der Waals surface area contributed by atoms with Crippen LogP contribution in [0.1, 0.15) is 63.1 Å². The van der Waals surface area contributed by atoms with Gasteiger partial charge in [0.05, 0.1) is 6.04 Å². The van der Waals surface area contributed by atoms with E-state index in [4.69, 9.17) is 0 Å². The van der Waals surface area contributed by atoms with Gasteiger partial charge in [0, 0.05) is 25.9 Å². The average molecular weight is 307 g/mol. The lowest BCUT2D eigenvalue weighted by Crippen LogP contribution is -2.33. The quantitative estimate of drug-likeness (QED) is 0.862. The Kier molecular flexibility index (Phi) is 5.91. The average Bonchev–Trinajstić information content (AvgIpc) is 2.76. The Morgan fingerprint density at radius 2 is 1.91 bits per heavy atom. The van der Waals surface area contributed by atoms with Gasteiger partial charge in [-0.25, -0.2) is 4.98 Å². The molecule has 0 aromatic carbocycles. The molecule has 1 aliphatic heterocycles. The Morgan fingerprint density at radius 1 is 1.23 bits per heavy atom. The first-order valence-electron chi connectivity index (χ1n) is 8.02. The van der Waals surface area contributed by atoms with Crippen LogP contribution in [0.2, 0.25) is 0 Å². The van der Waals surface area contributed by atoms with Gasteiger partial charge in [-0.3, -0.25) is 14.7 Å². The Bertz CT molecular complexity index is 506. The maximum Gasteiger partial charge on any atom is 0.223 e. The predicted octanol–water partition coefficient (Wildman–Crippen LogP) is 1.47. The summed E-state index contributed by atoms with van der Waals surface area (Å²) in [5, 5.41) is 9.60. The summed E-state index contributed by atoms with van der Waals surface area (Å²) in [6, 6.07) is -0.259. The molecule has 7 nitrogen and oxygen atoms in total. The fourth-order valence-corrected chi connectivity index (χ4v) is 2.63. The molecule has 122 valence electrons. The van der Waals surface area contributed by atoms with Crippen molar-refractivity contribution >= 4 is 11.8 Å². The zero-order valence-corrected chi connectivity index (χ0v) is 13.4. The number of hydrogen-bond acceptors (Lipinski definition) is 4. The van der Waals surface area contributed by atoms with Crippen LogP contribution in [0, 0.1) is 6.92 Å². The second-order valence-electron chi connectivity index (χ2n) is 5.86. The lowest BCUT2D eigenvalue weighted by molar-refractivity contribution is -0.133. The normalized spacial score (nSPS) is 16.9. The minimum atomic E-state index is -0.259. The molecule has 0 saturated carbocycles. The first kappa shape index (κ1) is 16.5. The van der Waals surface area contributed by atoms with Crippen LogP contribution in [0.15, 0.2) is 0 Å². The molecule has 0 unspecified atom stereocenters. The van der Waals surface area contributed by atoms with E-state index in [9.17, 15) is 9.59 Å². The molecule has 1 saturated heterocycles. The van der Waals surface area contributed by atoms with E-state index in [1.807, 2.05) is 18.7 Å². The van der Waals surface area contributed by atoms with E-state index in [2.05, 4.69) is 20.5 Å². The first-order chi connectivity index (χ1) is 10.6. The molecule has 0 bridgehead atoms. The van der Waals surface area contributed by atoms with Gasteiger partial charge in [0.15, 0.2) is 5.82 Å². The SMILES string of the molecule is Cc1nc([C@@H](C)NC(=O)CCC(=O)N2CCCCCC2)n[nH]1. The summed E-state index contributed by atoms with van der Waals surface area (Å²) in [4.78, 5) is 30.1. The number of carbonyl (C=O) groups is 2. The Hall–Kier alpha value is -1.92. The number of hydrogen-bond donors (Lipinski definition) is 2. The van der Waals surface area contributed by atoms with Crippen LogP contribution in [0.5, 0.6) is 0 Å². The minimum absolute atomic E-state index is 0.0819. The highest BCUT2D eigenvalue weighted by Gasteiger charge is 2.18. The van der Waals surface area contributed by atoms with Gasteiger partial charge in [0.2, 0.25) is 11.8 Å². The number of rotatable bonds is 5. The molecule has 1 fully saturated rings. The van der Waals surface area contributed by atoms with E-state index < -0.39 is 0 Å². The molecule has 2 N–H and O–H groups in total. The summed E-state index contributed by atoms with van der Waals surface area (Å²) in [7, 11) is 0. The lowest BCUT2D eigenvalue weighted by Gasteiger charge is -2.20. The van der Waals surface area contributed by atoms with Gasteiger partial charge in [-0.15, -0.1) is 0 Å². The molecular weight excluding hydrogens is 282 g/mol. The summed E-state index contributed by atoms with van der Waals surface area (Å²) < 4.78 is 0. The highest BCUT2D eigenvalue weighted by Crippen LogP contribution is 2.12. The molecular formula is C15H25N5O2. The molecule has 0 radical (unpaired) electrons. The summed E-state index contributed by atoms with van der Waals surface area (Å²) in [5.74, 6) is 1.22. The molecule has 1 aliphatic rings. The van der Waals surface area contributed by atoms with Crippen LogP contribution in [-0.2, 0) is 9.59 Å². The van der Waals surface area contributed by atoms with Crippen molar-refractivity contribution in [3.05, 3.63) is 11.6 Å². The zero-order valence-electron chi connectivity index (χ0n) is 13.4. The molecule has 2 heterocycles. The third kappa shape index (κ3) is 4.82. The Morgan fingerprint density at radius 3 is 2.50 bits per heavy atom. The topological polar surface area (TPSA) is 91.0 Å². The fourth-order valence-electron chi connectivity index (χ4n) is 2.63. The minimum Gasteiger partial charge on any atom is -0.346 e. The fraction of sp³-hybridized carbons (Fsp3) is 0.733. The molecule has 0 aliphatic carbocycles. The van der Waals surface area contributed by atoms with Crippen molar-refractivity contribution in [3.8, 4) is 0 Å². The van der Waals surface area contributed by atoms with Crippen molar-refractivity contribution in [2.45, 2.75) is 58.4 Å². The number of H-pyrrole nitrogens is 1. The zero-order chi connectivity index (χ0) is 15.9. The van der Waals surface area contributed by atoms with Crippen LogP contribution in [-0.4, -0.2) is 45.0 Å². The standard InChI is InChI=1S/C15H25N5O2/c1-11(15-17-12(2)18-19-15)16-13(21)7-8-14(22)20-9-5-3-4-6-10-20/h11H,3-10H2,1-2H3,(H,16,21)(H,17,18,19)/t11-/m1/s1. The van der Waals surface area contributed by atoms with Crippen molar-refractivity contribution < 1.29 is 9.59 Å². The summed E-state index contributed by atoms with van der Waals surface area (Å²) in [5.41, 5.74) is 0. The van der Waals surface area contributed by atoms with Gasteiger partial charge in [0.25, 0.3) is 0 Å². The number of aryl methyl sites for hydroxylation is 1. The second-order valence-corrected chi connectivity index (χ2v) is 5.86. The number of carbonyl (C=O) groups excluding carboxylic acids is 2. The third-order valence-electron chi connectivity index (χ3n) is 3.90. The Labute approximate surface area is 130 Å². The maximum atomic E-state index is 12.1. The number of nitrogens with zero attached hydrogens (tertiary/aromatic N) is 3. The van der Waals surface area contributed by atoms with Gasteiger partial charge in [-0.05, 0) is 26.7 Å². The first-order valence-corrected chi connectivity index (χ1v) is 8.02. The molecule has 1 atom stereocenters. The van der Waals surface area contributed by atoms with Gasteiger partial charge in [0.1, 0.15) is 5.82 Å². The molecule has 7 heteroatoms. The largest absolute Gasteiger partial charge is 0.346 e. The van der Waals surface area contributed by atoms with E-state index in [-0.39, 0.29) is 30.7 Å². The van der Waals surface area contributed by atoms with Gasteiger partial charge in [-0.1, -0.05) is 12.8 Å². The van der Waals surface area contributed by atoms with Gasteiger partial charge in [-0.2, -0.15) is 5.10 Å². The number of likely N-dealkylation sites (tertiary alicyclic amines) is 1. The van der Waals surface area contributed by atoms with Crippen molar-refractivity contribution in [3.63, 3.8) is 0 Å². The molecule has 0 spiro atoms. The monoisotopic (exact) mass is 307 g/mol. The second kappa shape index (κ2) is 7.91. The van der Waals surface area contributed by atoms with Crippen molar-refractivity contribution in [2.24, 2.45) is 0 Å². The maximum absolute atomic E-state index is 12.1. The molecule has 1 aromatic rings. The summed E-state index contributed by atoms with van der Waals surface area (Å²) >= 11 is 0. The van der Waals surface area contributed by atoms with E-state index >= 15 is 0 Å². The lowest BCUT2D eigenvalue weighted by atomic mass is 10.2. The number of aromatic amines is 1. The van der Waals surface area contributed by atoms with Gasteiger partial charge >= 0.3 is 0 Å². The van der Waals surface area contributed by atoms with Crippen molar-refractivity contribution in [1.82, 2.24) is 25.4 Å². The van der Waals surface area contributed by atoms with E-state index in [0.29, 0.717) is 11.6 Å². The molecule has 2 amide bonds. The highest BCUT2D eigenvalue weighted by molar-refractivity contribution is 5.83. The number of amides is 2. The number of aromatic nitrogens is 3. The number of nitrogens with one attached hydrogen (secondary N) is 2. The van der Waals surface area contributed by atoms with Crippen molar-refractivity contribution in [1.29, 1.82) is 0 Å². The summed E-state index contributed by atoms with van der Waals surface area (Å²) in [6.45, 7) is 5.29. The van der Waals surface area contributed by atoms with Crippen LogP contribution >= 0.6 is 0 Å². The summed E-state index contributed by atoms with van der Waals surface area (Å²) in [6.07, 6.45) is 5.00.